The van der Waals surface area contributed by atoms with E-state index in [1.54, 1.807) is 31.0 Å². The first-order valence-corrected chi connectivity index (χ1v) is 12.9. The summed E-state index contributed by atoms with van der Waals surface area (Å²) in [5, 5.41) is 11.4. The molecule has 0 aliphatic rings. The molecule has 0 saturated carbocycles. The van der Waals surface area contributed by atoms with Crippen LogP contribution in [0, 0.1) is 5.41 Å². The van der Waals surface area contributed by atoms with Gasteiger partial charge in [-0.25, -0.2) is 4.79 Å². The van der Waals surface area contributed by atoms with Crippen molar-refractivity contribution in [1.29, 1.82) is 5.41 Å². The van der Waals surface area contributed by atoms with Gasteiger partial charge in [0.15, 0.2) is 6.10 Å². The molecule has 4 N–H and O–H groups in total. The van der Waals surface area contributed by atoms with Crippen LogP contribution in [0.1, 0.15) is 29.0 Å². The van der Waals surface area contributed by atoms with Crippen molar-refractivity contribution in [3.63, 3.8) is 0 Å². The Morgan fingerprint density at radius 1 is 1.05 bits per heavy atom. The minimum atomic E-state index is -0.591. The zero-order valence-electron chi connectivity index (χ0n) is 21.3. The molecule has 0 aliphatic carbocycles. The maximum atomic E-state index is 12.6. The summed E-state index contributed by atoms with van der Waals surface area (Å²) in [6.45, 7) is 2.16. The van der Waals surface area contributed by atoms with E-state index in [4.69, 9.17) is 20.6 Å². The van der Waals surface area contributed by atoms with E-state index in [2.05, 4.69) is 5.32 Å². The molecule has 38 heavy (non-hydrogen) atoms. The molecule has 4 aromatic rings. The fraction of sp³-hybridized carbons (Fsp3) is 0.207. The standard InChI is InChI=1S/C29H30N4O4S/c1-19(34)33(2)16-15-20-11-13-22(14-12-20)32-29(35)36-18-25(21-7-4-3-5-8-21)37-24-9-6-10-26-23(24)17-27(38-26)28(30)31/h3-14,17,25H,15-16,18H2,1-2H3,(H3,30,31)(H,32,35). The monoisotopic (exact) mass is 530 g/mol. The quantitative estimate of drug-likeness (QED) is 0.183. The number of nitrogens with one attached hydrogen (secondary N) is 2. The molecule has 196 valence electrons. The number of amides is 2. The van der Waals surface area contributed by atoms with Crippen molar-refractivity contribution in [2.75, 3.05) is 25.5 Å². The van der Waals surface area contributed by atoms with Gasteiger partial charge in [0, 0.05) is 36.3 Å². The second-order valence-electron chi connectivity index (χ2n) is 8.82. The minimum Gasteiger partial charge on any atom is -0.481 e. The molecule has 8 nitrogen and oxygen atoms in total. The lowest BCUT2D eigenvalue weighted by molar-refractivity contribution is -0.127. The van der Waals surface area contributed by atoms with Crippen LogP contribution in [0.25, 0.3) is 10.1 Å². The Labute approximate surface area is 225 Å². The fourth-order valence-electron chi connectivity index (χ4n) is 3.80. The van der Waals surface area contributed by atoms with Crippen LogP contribution in [0.15, 0.2) is 78.9 Å². The molecule has 0 radical (unpaired) electrons. The zero-order chi connectivity index (χ0) is 27.1. The summed E-state index contributed by atoms with van der Waals surface area (Å²) in [4.78, 5) is 26.3. The molecule has 0 spiro atoms. The zero-order valence-corrected chi connectivity index (χ0v) is 22.1. The highest BCUT2D eigenvalue weighted by Crippen LogP contribution is 2.35. The molecule has 0 saturated heterocycles. The number of hydrogen-bond donors (Lipinski definition) is 3. The lowest BCUT2D eigenvalue weighted by Gasteiger charge is -2.20. The van der Waals surface area contributed by atoms with Crippen molar-refractivity contribution in [1.82, 2.24) is 4.90 Å². The van der Waals surface area contributed by atoms with Crippen LogP contribution in [-0.2, 0) is 16.0 Å². The summed E-state index contributed by atoms with van der Waals surface area (Å²) in [6, 6.07) is 24.5. The number of nitrogens with two attached hydrogens (primary N) is 1. The van der Waals surface area contributed by atoms with Crippen LogP contribution in [0.4, 0.5) is 10.5 Å². The Kier molecular flexibility index (Phi) is 8.60. The van der Waals surface area contributed by atoms with Gasteiger partial charge in [0.05, 0.1) is 4.88 Å². The van der Waals surface area contributed by atoms with Gasteiger partial charge in [-0.15, -0.1) is 11.3 Å². The number of nitrogen functional groups attached to an aromatic ring is 1. The lowest BCUT2D eigenvalue weighted by Crippen LogP contribution is -2.26. The first kappa shape index (κ1) is 26.7. The summed E-state index contributed by atoms with van der Waals surface area (Å²) in [7, 11) is 1.77. The molecule has 0 aliphatic heterocycles. The van der Waals surface area contributed by atoms with E-state index in [-0.39, 0.29) is 18.3 Å². The third kappa shape index (κ3) is 6.89. The summed E-state index contributed by atoms with van der Waals surface area (Å²) in [5.41, 5.74) is 8.21. The number of carbonyl (C=O) groups excluding carboxylic acids is 2. The van der Waals surface area contributed by atoms with Crippen LogP contribution >= 0.6 is 11.3 Å². The fourth-order valence-corrected chi connectivity index (χ4v) is 4.74. The number of likely N-dealkylation sites (N-methyl/N-ethyl adjacent to an activating group) is 1. The Hall–Kier alpha value is -4.37. The number of hydrogen-bond acceptors (Lipinski definition) is 6. The molecule has 1 aromatic heterocycles. The summed E-state index contributed by atoms with van der Waals surface area (Å²) in [5.74, 6) is 0.653. The topological polar surface area (TPSA) is 118 Å². The molecule has 1 atom stereocenters. The maximum Gasteiger partial charge on any atom is 0.411 e. The van der Waals surface area contributed by atoms with Gasteiger partial charge in [-0.1, -0.05) is 48.5 Å². The summed E-state index contributed by atoms with van der Waals surface area (Å²) < 4.78 is 12.9. The SMILES string of the molecule is CC(=O)N(C)CCc1ccc(NC(=O)OCC(Oc2cccc3sc(C(=N)N)cc23)c2ccccc2)cc1. The first-order chi connectivity index (χ1) is 18.3. The molecule has 1 unspecified atom stereocenters. The van der Waals surface area contributed by atoms with Crippen molar-refractivity contribution in [2.45, 2.75) is 19.4 Å². The lowest BCUT2D eigenvalue weighted by atomic mass is 10.1. The second kappa shape index (κ2) is 12.2. The summed E-state index contributed by atoms with van der Waals surface area (Å²) in [6.07, 6.45) is -0.415. The van der Waals surface area contributed by atoms with Gasteiger partial charge in [-0.05, 0) is 47.9 Å². The molecule has 1 heterocycles. The normalized spacial score (nSPS) is 11.5. The van der Waals surface area contributed by atoms with Crippen LogP contribution in [0.2, 0.25) is 0 Å². The van der Waals surface area contributed by atoms with Gasteiger partial charge >= 0.3 is 6.09 Å². The van der Waals surface area contributed by atoms with Crippen molar-refractivity contribution >= 4 is 44.9 Å². The molecule has 9 heteroatoms. The van der Waals surface area contributed by atoms with E-state index in [0.717, 1.165) is 27.6 Å². The van der Waals surface area contributed by atoms with Crippen molar-refractivity contribution < 1.29 is 19.1 Å². The first-order valence-electron chi connectivity index (χ1n) is 12.1. The van der Waals surface area contributed by atoms with Gasteiger partial charge in [0.1, 0.15) is 18.2 Å². The van der Waals surface area contributed by atoms with E-state index in [9.17, 15) is 9.59 Å². The molecular weight excluding hydrogens is 500 g/mol. The summed E-state index contributed by atoms with van der Waals surface area (Å²) >= 11 is 1.43. The van der Waals surface area contributed by atoms with Crippen LogP contribution in [0.5, 0.6) is 5.75 Å². The van der Waals surface area contributed by atoms with E-state index < -0.39 is 12.2 Å². The number of carbonyl (C=O) groups is 2. The number of benzene rings is 3. The van der Waals surface area contributed by atoms with Gasteiger partial charge in [0.25, 0.3) is 0 Å². The second-order valence-corrected chi connectivity index (χ2v) is 9.90. The van der Waals surface area contributed by atoms with Crippen molar-refractivity contribution in [2.24, 2.45) is 5.73 Å². The van der Waals surface area contributed by atoms with Gasteiger partial charge in [0.2, 0.25) is 5.91 Å². The number of rotatable bonds is 10. The largest absolute Gasteiger partial charge is 0.481 e. The molecule has 2 amide bonds. The Bertz CT molecular complexity index is 1420. The van der Waals surface area contributed by atoms with E-state index in [1.165, 1.54) is 11.3 Å². The number of thiophene rings is 1. The highest BCUT2D eigenvalue weighted by molar-refractivity contribution is 7.20. The predicted octanol–water partition coefficient (Wildman–Crippen LogP) is 5.57. The van der Waals surface area contributed by atoms with Crippen LogP contribution < -0.4 is 15.8 Å². The number of anilines is 1. The Morgan fingerprint density at radius 2 is 1.79 bits per heavy atom. The Morgan fingerprint density at radius 3 is 2.47 bits per heavy atom. The average molecular weight is 531 g/mol. The van der Waals surface area contributed by atoms with Crippen LogP contribution in [0.3, 0.4) is 0 Å². The third-order valence-corrected chi connectivity index (χ3v) is 7.20. The van der Waals surface area contributed by atoms with Gasteiger partial charge in [-0.2, -0.15) is 0 Å². The van der Waals surface area contributed by atoms with Gasteiger partial charge in [-0.3, -0.25) is 15.5 Å². The van der Waals surface area contributed by atoms with E-state index in [1.807, 2.05) is 66.7 Å². The molecule has 4 rings (SSSR count). The van der Waals surface area contributed by atoms with Crippen LogP contribution in [-0.4, -0.2) is 42.9 Å². The highest BCUT2D eigenvalue weighted by Gasteiger charge is 2.19. The van der Waals surface area contributed by atoms with E-state index >= 15 is 0 Å². The maximum absolute atomic E-state index is 12.6. The van der Waals surface area contributed by atoms with E-state index in [0.29, 0.717) is 22.9 Å². The number of fused-ring (bicyclic) bond motifs is 1. The van der Waals surface area contributed by atoms with Crippen molar-refractivity contribution in [3.05, 3.63) is 94.9 Å². The third-order valence-electron chi connectivity index (χ3n) is 6.07. The number of amidine groups is 1. The minimum absolute atomic E-state index is 0.00759. The molecule has 3 aromatic carbocycles. The smallest absolute Gasteiger partial charge is 0.411 e. The Balaban J connectivity index is 1.41. The molecule has 0 fully saturated rings. The average Bonchev–Trinajstić information content (AvgIpc) is 3.37. The van der Waals surface area contributed by atoms with Crippen molar-refractivity contribution in [3.8, 4) is 5.75 Å². The number of nitrogens with zero attached hydrogens (tertiary/aromatic N) is 1. The number of ether oxygens (including phenoxy) is 2. The molecular formula is C29H30N4O4S. The molecule has 0 bridgehead atoms. The van der Waals surface area contributed by atoms with Gasteiger partial charge < -0.3 is 20.1 Å². The predicted molar refractivity (Wildman–Crippen MR) is 151 cm³/mol. The highest BCUT2D eigenvalue weighted by atomic mass is 32.1.